The summed E-state index contributed by atoms with van der Waals surface area (Å²) in [5.41, 5.74) is 1.84. The molecule has 3 rings (SSSR count). The summed E-state index contributed by atoms with van der Waals surface area (Å²) in [6.45, 7) is 0. The second kappa shape index (κ2) is 7.09. The third kappa shape index (κ3) is 4.07. The maximum atomic E-state index is 11.9. The summed E-state index contributed by atoms with van der Waals surface area (Å²) >= 11 is 0. The molecule has 0 unspecified atom stereocenters. The van der Waals surface area contributed by atoms with Crippen molar-refractivity contribution in [3.63, 3.8) is 0 Å². The lowest BCUT2D eigenvalue weighted by molar-refractivity contribution is 0.0735. The van der Waals surface area contributed by atoms with Gasteiger partial charge in [0.2, 0.25) is 0 Å². The zero-order valence-corrected chi connectivity index (χ0v) is 12.2. The van der Waals surface area contributed by atoms with Gasteiger partial charge in [0.1, 0.15) is 11.4 Å². The van der Waals surface area contributed by atoms with Crippen LogP contribution in [0, 0.1) is 0 Å². The molecule has 0 radical (unpaired) electrons. The molecule has 0 N–H and O–H groups in total. The van der Waals surface area contributed by atoms with Gasteiger partial charge >= 0.3 is 5.97 Å². The van der Waals surface area contributed by atoms with Crippen molar-refractivity contribution in [2.24, 2.45) is 10.2 Å². The quantitative estimate of drug-likeness (QED) is 0.398. The molecule has 0 atom stereocenters. The average molecular weight is 303 g/mol. The summed E-state index contributed by atoms with van der Waals surface area (Å²) in [4.78, 5) is 15.9. The summed E-state index contributed by atoms with van der Waals surface area (Å²) < 4.78 is 5.30. The molecule has 2 aromatic carbocycles. The van der Waals surface area contributed by atoms with E-state index in [2.05, 4.69) is 15.2 Å². The molecular formula is C18H13N3O2. The molecule has 0 aliphatic rings. The Hall–Kier alpha value is -3.34. The van der Waals surface area contributed by atoms with Gasteiger partial charge < -0.3 is 4.74 Å². The van der Waals surface area contributed by atoms with Crippen LogP contribution in [0.1, 0.15) is 10.4 Å². The molecule has 3 aromatic rings. The highest BCUT2D eigenvalue weighted by molar-refractivity contribution is 5.90. The van der Waals surface area contributed by atoms with Crippen molar-refractivity contribution in [3.8, 4) is 5.75 Å². The second-order valence-corrected chi connectivity index (χ2v) is 4.66. The largest absolute Gasteiger partial charge is 0.423 e. The van der Waals surface area contributed by atoms with E-state index in [9.17, 15) is 4.79 Å². The standard InChI is InChI=1S/C18H13N3O2/c22-18(14-5-2-1-3-6-14)23-17-10-8-15(9-11-17)20-21-16-7-4-12-19-13-16/h1-13H. The van der Waals surface area contributed by atoms with E-state index in [1.807, 2.05) is 12.1 Å². The molecule has 5 nitrogen and oxygen atoms in total. The van der Waals surface area contributed by atoms with Crippen LogP contribution in [0.25, 0.3) is 0 Å². The third-order valence-electron chi connectivity index (χ3n) is 2.98. The molecule has 23 heavy (non-hydrogen) atoms. The van der Waals surface area contributed by atoms with Crippen LogP contribution < -0.4 is 4.74 Å². The number of benzene rings is 2. The maximum absolute atomic E-state index is 11.9. The van der Waals surface area contributed by atoms with Crippen LogP contribution in [-0.4, -0.2) is 11.0 Å². The number of hydrogen-bond acceptors (Lipinski definition) is 5. The fourth-order valence-corrected chi connectivity index (χ4v) is 1.85. The number of azo groups is 1. The minimum Gasteiger partial charge on any atom is -0.423 e. The van der Waals surface area contributed by atoms with Crippen molar-refractivity contribution in [3.05, 3.63) is 84.7 Å². The van der Waals surface area contributed by atoms with E-state index >= 15 is 0 Å². The van der Waals surface area contributed by atoms with E-state index in [0.717, 1.165) is 0 Å². The molecule has 0 saturated heterocycles. The van der Waals surface area contributed by atoms with Gasteiger partial charge in [0.15, 0.2) is 0 Å². The number of esters is 1. The van der Waals surface area contributed by atoms with Crippen LogP contribution in [0.3, 0.4) is 0 Å². The highest BCUT2D eigenvalue weighted by Gasteiger charge is 2.07. The Morgan fingerprint density at radius 1 is 0.826 bits per heavy atom. The molecule has 112 valence electrons. The molecule has 0 saturated carbocycles. The first-order chi connectivity index (χ1) is 11.3. The van der Waals surface area contributed by atoms with Crippen molar-refractivity contribution in [2.75, 3.05) is 0 Å². The lowest BCUT2D eigenvalue weighted by Crippen LogP contribution is -2.07. The Kier molecular flexibility index (Phi) is 4.49. The van der Waals surface area contributed by atoms with Gasteiger partial charge in [-0.3, -0.25) is 4.98 Å². The van der Waals surface area contributed by atoms with E-state index in [0.29, 0.717) is 22.7 Å². The fraction of sp³-hybridized carbons (Fsp3) is 0. The molecular weight excluding hydrogens is 290 g/mol. The van der Waals surface area contributed by atoms with Crippen LogP contribution in [0.15, 0.2) is 89.4 Å². The number of ether oxygens (including phenoxy) is 1. The fourth-order valence-electron chi connectivity index (χ4n) is 1.85. The van der Waals surface area contributed by atoms with Gasteiger partial charge in [0.05, 0.1) is 17.4 Å². The van der Waals surface area contributed by atoms with Gasteiger partial charge in [-0.05, 0) is 48.5 Å². The SMILES string of the molecule is O=C(Oc1ccc(N=Nc2cccnc2)cc1)c1ccccc1. The van der Waals surface area contributed by atoms with Crippen molar-refractivity contribution < 1.29 is 9.53 Å². The van der Waals surface area contributed by atoms with Crippen molar-refractivity contribution in [1.82, 2.24) is 4.98 Å². The van der Waals surface area contributed by atoms with Crippen molar-refractivity contribution >= 4 is 17.3 Å². The van der Waals surface area contributed by atoms with Gasteiger partial charge in [-0.15, -0.1) is 5.11 Å². The number of rotatable bonds is 4. The Morgan fingerprint density at radius 3 is 2.26 bits per heavy atom. The minimum atomic E-state index is -0.393. The summed E-state index contributed by atoms with van der Waals surface area (Å²) in [5.74, 6) is 0.0644. The number of aromatic nitrogens is 1. The van der Waals surface area contributed by atoms with Crippen LogP contribution in [0.5, 0.6) is 5.75 Å². The molecule has 1 heterocycles. The van der Waals surface area contributed by atoms with Crippen molar-refractivity contribution in [2.45, 2.75) is 0 Å². The predicted molar refractivity (Wildman–Crippen MR) is 86.3 cm³/mol. The third-order valence-corrected chi connectivity index (χ3v) is 2.98. The lowest BCUT2D eigenvalue weighted by atomic mass is 10.2. The number of nitrogens with zero attached hydrogens (tertiary/aromatic N) is 3. The summed E-state index contributed by atoms with van der Waals surface area (Å²) in [7, 11) is 0. The van der Waals surface area contributed by atoms with Crippen LogP contribution >= 0.6 is 0 Å². The molecule has 0 amide bonds. The van der Waals surface area contributed by atoms with Gasteiger partial charge in [0, 0.05) is 6.20 Å². The molecule has 0 spiro atoms. The normalized spacial score (nSPS) is 10.6. The molecule has 5 heteroatoms. The monoisotopic (exact) mass is 303 g/mol. The summed E-state index contributed by atoms with van der Waals surface area (Å²) in [5, 5.41) is 8.17. The van der Waals surface area contributed by atoms with Crippen molar-refractivity contribution in [1.29, 1.82) is 0 Å². The van der Waals surface area contributed by atoms with Gasteiger partial charge in [-0.25, -0.2) is 4.79 Å². The Bertz CT molecular complexity index is 801. The first-order valence-corrected chi connectivity index (χ1v) is 7.00. The first kappa shape index (κ1) is 14.6. The number of carbonyl (C=O) groups excluding carboxylic acids is 1. The van der Waals surface area contributed by atoms with E-state index in [1.165, 1.54) is 0 Å². The number of hydrogen-bond donors (Lipinski definition) is 0. The highest BCUT2D eigenvalue weighted by Crippen LogP contribution is 2.21. The highest BCUT2D eigenvalue weighted by atomic mass is 16.5. The average Bonchev–Trinajstić information content (AvgIpc) is 2.63. The predicted octanol–water partition coefficient (Wildman–Crippen LogP) is 4.72. The summed E-state index contributed by atoms with van der Waals surface area (Å²) in [6.07, 6.45) is 3.30. The number of pyridine rings is 1. The Morgan fingerprint density at radius 2 is 1.57 bits per heavy atom. The minimum absolute atomic E-state index is 0.393. The maximum Gasteiger partial charge on any atom is 0.343 e. The second-order valence-electron chi connectivity index (χ2n) is 4.66. The van der Waals surface area contributed by atoms with E-state index in [1.54, 1.807) is 67.0 Å². The molecule has 0 fully saturated rings. The van der Waals surface area contributed by atoms with Gasteiger partial charge in [-0.1, -0.05) is 18.2 Å². The molecule has 0 aliphatic heterocycles. The van der Waals surface area contributed by atoms with Crippen LogP contribution in [-0.2, 0) is 0 Å². The van der Waals surface area contributed by atoms with E-state index in [-0.39, 0.29) is 0 Å². The van der Waals surface area contributed by atoms with Crippen LogP contribution in [0.4, 0.5) is 11.4 Å². The molecule has 1 aromatic heterocycles. The summed E-state index contributed by atoms with van der Waals surface area (Å²) in [6, 6.07) is 19.3. The zero-order chi connectivity index (χ0) is 15.9. The van der Waals surface area contributed by atoms with Crippen LogP contribution in [0.2, 0.25) is 0 Å². The van der Waals surface area contributed by atoms with E-state index in [4.69, 9.17) is 4.74 Å². The zero-order valence-electron chi connectivity index (χ0n) is 12.2. The number of carbonyl (C=O) groups is 1. The van der Waals surface area contributed by atoms with Gasteiger partial charge in [-0.2, -0.15) is 5.11 Å². The topological polar surface area (TPSA) is 63.9 Å². The molecule has 0 aliphatic carbocycles. The van der Waals surface area contributed by atoms with Gasteiger partial charge in [0.25, 0.3) is 0 Å². The Balaban J connectivity index is 1.65. The Labute approximate surface area is 133 Å². The first-order valence-electron chi connectivity index (χ1n) is 7.00. The van der Waals surface area contributed by atoms with E-state index < -0.39 is 5.97 Å². The lowest BCUT2D eigenvalue weighted by Gasteiger charge is -2.04. The smallest absolute Gasteiger partial charge is 0.343 e. The molecule has 0 bridgehead atoms.